The molecule has 0 aliphatic rings. The zero-order chi connectivity index (χ0) is 9.78. The van der Waals surface area contributed by atoms with Crippen LogP contribution < -0.4 is 0 Å². The van der Waals surface area contributed by atoms with Crippen molar-refractivity contribution in [3.05, 3.63) is 0 Å². The summed E-state index contributed by atoms with van der Waals surface area (Å²) in [5, 5.41) is 16.4. The molecule has 0 saturated carbocycles. The van der Waals surface area contributed by atoms with Crippen LogP contribution >= 0.6 is 0 Å². The first-order valence-corrected chi connectivity index (χ1v) is 7.24. The lowest BCUT2D eigenvalue weighted by molar-refractivity contribution is 0.214. The van der Waals surface area contributed by atoms with Crippen molar-refractivity contribution in [2.24, 2.45) is 10.3 Å². The predicted octanol–water partition coefficient (Wildman–Crippen LogP) is 1.72. The molecule has 0 unspecified atom stereocenters. The smallest absolute Gasteiger partial charge is 0.108 e. The topological polar surface area (TPSA) is 54.2 Å². The molecule has 0 spiro atoms. The standard InChI is InChI=1S/C7H16N2O2Si/c1-6(9-11-2)7(8-10)12(3,4)5/h10H,1-5H3. The van der Waals surface area contributed by atoms with Gasteiger partial charge in [0.2, 0.25) is 0 Å². The van der Waals surface area contributed by atoms with Crippen LogP contribution in [0.1, 0.15) is 6.92 Å². The molecule has 0 aliphatic carbocycles. The minimum absolute atomic E-state index is 0.652. The first-order valence-electron chi connectivity index (χ1n) is 3.74. The molecule has 0 atom stereocenters. The van der Waals surface area contributed by atoms with E-state index in [9.17, 15) is 0 Å². The Labute approximate surface area is 73.9 Å². The van der Waals surface area contributed by atoms with Gasteiger partial charge in [0.1, 0.15) is 15.2 Å². The Kier molecular flexibility index (Phi) is 3.95. The molecule has 0 aromatic rings. The minimum Gasteiger partial charge on any atom is -0.411 e. The van der Waals surface area contributed by atoms with Crippen molar-refractivity contribution >= 4 is 19.1 Å². The molecule has 0 aromatic carbocycles. The Balaban J connectivity index is 4.72. The quantitative estimate of drug-likeness (QED) is 0.317. The highest BCUT2D eigenvalue weighted by Crippen LogP contribution is 2.05. The summed E-state index contributed by atoms with van der Waals surface area (Å²) in [5.41, 5.74) is 0.652. The molecule has 0 rings (SSSR count). The van der Waals surface area contributed by atoms with Gasteiger partial charge in [-0.3, -0.25) is 0 Å². The molecule has 0 fully saturated rings. The molecule has 70 valence electrons. The summed E-state index contributed by atoms with van der Waals surface area (Å²) < 4.78 is 0. The van der Waals surface area contributed by atoms with Crippen LogP contribution in [0, 0.1) is 0 Å². The van der Waals surface area contributed by atoms with Crippen LogP contribution in [-0.4, -0.2) is 31.4 Å². The SMILES string of the molecule is CON=C(C)C(=NO)[Si](C)(C)C. The van der Waals surface area contributed by atoms with E-state index in [0.717, 1.165) is 0 Å². The molecule has 0 saturated heterocycles. The Morgan fingerprint density at radius 2 is 1.83 bits per heavy atom. The molecule has 0 aliphatic heterocycles. The molecular weight excluding hydrogens is 172 g/mol. The van der Waals surface area contributed by atoms with Crippen molar-refractivity contribution in [2.75, 3.05) is 7.11 Å². The van der Waals surface area contributed by atoms with Crippen molar-refractivity contribution in [3.63, 3.8) is 0 Å². The van der Waals surface area contributed by atoms with Gasteiger partial charge in [0, 0.05) is 0 Å². The van der Waals surface area contributed by atoms with E-state index in [1.54, 1.807) is 6.92 Å². The maximum Gasteiger partial charge on any atom is 0.108 e. The van der Waals surface area contributed by atoms with Gasteiger partial charge < -0.3 is 10.0 Å². The lowest BCUT2D eigenvalue weighted by Crippen LogP contribution is -2.38. The van der Waals surface area contributed by atoms with Crippen LogP contribution in [0.25, 0.3) is 0 Å². The Hall–Kier alpha value is -0.843. The van der Waals surface area contributed by atoms with Crippen LogP contribution in [0.3, 0.4) is 0 Å². The van der Waals surface area contributed by atoms with Gasteiger partial charge in [-0.05, 0) is 6.92 Å². The van der Waals surface area contributed by atoms with E-state index < -0.39 is 8.07 Å². The van der Waals surface area contributed by atoms with E-state index >= 15 is 0 Å². The Bertz CT molecular complexity index is 206. The van der Waals surface area contributed by atoms with Gasteiger partial charge in [-0.25, -0.2) is 0 Å². The minimum atomic E-state index is -1.60. The molecule has 0 aromatic heterocycles. The lowest BCUT2D eigenvalue weighted by atomic mass is 10.5. The zero-order valence-corrected chi connectivity index (χ0v) is 9.25. The fourth-order valence-electron chi connectivity index (χ4n) is 0.945. The van der Waals surface area contributed by atoms with Crippen molar-refractivity contribution < 1.29 is 10.0 Å². The van der Waals surface area contributed by atoms with Gasteiger partial charge in [0.15, 0.2) is 0 Å². The second-order valence-corrected chi connectivity index (χ2v) is 8.53. The predicted molar refractivity (Wildman–Crippen MR) is 52.7 cm³/mol. The van der Waals surface area contributed by atoms with Crippen LogP contribution in [0.15, 0.2) is 10.3 Å². The van der Waals surface area contributed by atoms with Crippen LogP contribution in [0.5, 0.6) is 0 Å². The van der Waals surface area contributed by atoms with Crippen molar-refractivity contribution in [1.29, 1.82) is 0 Å². The normalized spacial score (nSPS) is 14.8. The third-order valence-electron chi connectivity index (χ3n) is 1.38. The Morgan fingerprint density at radius 1 is 1.33 bits per heavy atom. The summed E-state index contributed by atoms with van der Waals surface area (Å²) >= 11 is 0. The number of hydrogen-bond acceptors (Lipinski definition) is 4. The van der Waals surface area contributed by atoms with Gasteiger partial charge in [0.05, 0.1) is 11.0 Å². The van der Waals surface area contributed by atoms with Crippen LogP contribution in [-0.2, 0) is 4.84 Å². The molecule has 0 heterocycles. The van der Waals surface area contributed by atoms with E-state index in [2.05, 4.69) is 34.8 Å². The third kappa shape index (κ3) is 3.04. The van der Waals surface area contributed by atoms with Gasteiger partial charge in [0.25, 0.3) is 0 Å². The van der Waals surface area contributed by atoms with E-state index in [-0.39, 0.29) is 0 Å². The van der Waals surface area contributed by atoms with Crippen molar-refractivity contribution in [2.45, 2.75) is 26.6 Å². The van der Waals surface area contributed by atoms with Gasteiger partial charge in [-0.15, -0.1) is 0 Å². The number of rotatable bonds is 3. The molecule has 4 nitrogen and oxygen atoms in total. The van der Waals surface area contributed by atoms with Crippen molar-refractivity contribution in [3.8, 4) is 0 Å². The summed E-state index contributed by atoms with van der Waals surface area (Å²) in [6.45, 7) is 8.01. The van der Waals surface area contributed by atoms with Crippen LogP contribution in [0.4, 0.5) is 0 Å². The monoisotopic (exact) mass is 188 g/mol. The first-order chi connectivity index (χ1) is 5.43. The second kappa shape index (κ2) is 4.25. The fraction of sp³-hybridized carbons (Fsp3) is 0.714. The zero-order valence-electron chi connectivity index (χ0n) is 8.25. The fourth-order valence-corrected chi connectivity index (χ4v) is 2.38. The summed E-state index contributed by atoms with van der Waals surface area (Å²) in [7, 11) is -0.123. The maximum absolute atomic E-state index is 8.74. The van der Waals surface area contributed by atoms with Gasteiger partial charge in [-0.1, -0.05) is 30.0 Å². The highest BCUT2D eigenvalue weighted by molar-refractivity contribution is 7.12. The highest BCUT2D eigenvalue weighted by Gasteiger charge is 2.25. The van der Waals surface area contributed by atoms with E-state index in [1.165, 1.54) is 7.11 Å². The summed E-state index contributed by atoms with van der Waals surface area (Å²) in [5.74, 6) is 0. The second-order valence-electron chi connectivity index (χ2n) is 3.56. The number of hydrogen-bond donors (Lipinski definition) is 1. The molecule has 12 heavy (non-hydrogen) atoms. The average molecular weight is 188 g/mol. The first kappa shape index (κ1) is 11.2. The van der Waals surface area contributed by atoms with E-state index in [0.29, 0.717) is 11.0 Å². The largest absolute Gasteiger partial charge is 0.411 e. The van der Waals surface area contributed by atoms with E-state index in [1.807, 2.05) is 0 Å². The Morgan fingerprint density at radius 3 is 2.08 bits per heavy atom. The van der Waals surface area contributed by atoms with E-state index in [4.69, 9.17) is 5.21 Å². The molecule has 0 bridgehead atoms. The summed E-state index contributed by atoms with van der Waals surface area (Å²) in [4.78, 5) is 4.60. The van der Waals surface area contributed by atoms with Gasteiger partial charge >= 0.3 is 0 Å². The molecule has 1 N–H and O–H groups in total. The summed E-state index contributed by atoms with van der Waals surface area (Å²) in [6.07, 6.45) is 0. The third-order valence-corrected chi connectivity index (χ3v) is 3.26. The van der Waals surface area contributed by atoms with Crippen LogP contribution in [0.2, 0.25) is 19.6 Å². The molecule has 5 heteroatoms. The number of oxime groups is 2. The average Bonchev–Trinajstić information content (AvgIpc) is 1.85. The van der Waals surface area contributed by atoms with Crippen molar-refractivity contribution in [1.82, 2.24) is 0 Å². The molecule has 0 radical (unpaired) electrons. The van der Waals surface area contributed by atoms with Gasteiger partial charge in [-0.2, -0.15) is 0 Å². The lowest BCUT2D eigenvalue weighted by Gasteiger charge is -2.16. The molecule has 0 amide bonds. The number of nitrogens with zero attached hydrogens (tertiary/aromatic N) is 2. The maximum atomic E-state index is 8.74. The summed E-state index contributed by atoms with van der Waals surface area (Å²) in [6, 6.07) is 0. The highest BCUT2D eigenvalue weighted by atomic mass is 28.3. The molecular formula is C7H16N2O2Si.